The van der Waals surface area contributed by atoms with Gasteiger partial charge in [-0.15, -0.1) is 11.3 Å². The summed E-state index contributed by atoms with van der Waals surface area (Å²) in [5.41, 5.74) is 10.1. The molecule has 0 aromatic carbocycles. The maximum absolute atomic E-state index is 5.04. The lowest BCUT2D eigenvalue weighted by Crippen LogP contribution is -2.22. The molecule has 0 spiro atoms. The minimum Gasteiger partial charge on any atom is -0.387 e. The summed E-state index contributed by atoms with van der Waals surface area (Å²) in [7, 11) is 0. The van der Waals surface area contributed by atoms with Gasteiger partial charge in [-0.3, -0.25) is 0 Å². The van der Waals surface area contributed by atoms with E-state index in [-0.39, 0.29) is 5.96 Å². The summed E-state index contributed by atoms with van der Waals surface area (Å²) in [5, 5.41) is 5.34. The molecule has 1 rings (SSSR count). The maximum atomic E-state index is 5.04. The zero-order chi connectivity index (χ0) is 8.10. The normalized spacial score (nSPS) is 9.09. The quantitative estimate of drug-likeness (QED) is 0.394. The molecule has 5 heteroatoms. The average molecular weight is 171 g/mol. The Morgan fingerprint density at radius 2 is 2.45 bits per heavy atom. The van der Waals surface area contributed by atoms with Crippen LogP contribution in [-0.2, 0) is 11.4 Å². The first-order valence-corrected chi connectivity index (χ1v) is 3.90. The monoisotopic (exact) mass is 171 g/mol. The van der Waals surface area contributed by atoms with Crippen molar-refractivity contribution in [1.82, 2.24) is 0 Å². The van der Waals surface area contributed by atoms with Gasteiger partial charge in [-0.25, -0.2) is 0 Å². The van der Waals surface area contributed by atoms with Gasteiger partial charge in [0.1, 0.15) is 0 Å². The lowest BCUT2D eigenvalue weighted by molar-refractivity contribution is 0.132. The van der Waals surface area contributed by atoms with E-state index in [9.17, 15) is 0 Å². The fourth-order valence-electron chi connectivity index (χ4n) is 0.565. The van der Waals surface area contributed by atoms with Crippen molar-refractivity contribution in [3.05, 3.63) is 22.4 Å². The van der Waals surface area contributed by atoms with Crippen LogP contribution in [0.25, 0.3) is 0 Å². The van der Waals surface area contributed by atoms with Gasteiger partial charge in [0.05, 0.1) is 0 Å². The Morgan fingerprint density at radius 1 is 1.64 bits per heavy atom. The number of oxime groups is 1. The van der Waals surface area contributed by atoms with E-state index >= 15 is 0 Å². The van der Waals surface area contributed by atoms with Crippen LogP contribution in [0.4, 0.5) is 0 Å². The maximum Gasteiger partial charge on any atom is 0.228 e. The van der Waals surface area contributed by atoms with Gasteiger partial charge in [0.2, 0.25) is 5.96 Å². The first-order chi connectivity index (χ1) is 5.29. The van der Waals surface area contributed by atoms with Crippen molar-refractivity contribution >= 4 is 17.3 Å². The highest BCUT2D eigenvalue weighted by molar-refractivity contribution is 7.09. The molecule has 0 unspecified atom stereocenters. The van der Waals surface area contributed by atoms with Crippen LogP contribution in [0.5, 0.6) is 0 Å². The van der Waals surface area contributed by atoms with E-state index in [1.165, 1.54) is 0 Å². The molecule has 11 heavy (non-hydrogen) atoms. The second kappa shape index (κ2) is 3.82. The SMILES string of the molecule is NC(N)=NOCc1cccs1. The predicted molar refractivity (Wildman–Crippen MR) is 44.9 cm³/mol. The number of hydrogen-bond donors (Lipinski definition) is 2. The fourth-order valence-corrected chi connectivity index (χ4v) is 1.17. The van der Waals surface area contributed by atoms with E-state index in [4.69, 9.17) is 16.3 Å². The van der Waals surface area contributed by atoms with Gasteiger partial charge in [-0.2, -0.15) is 0 Å². The highest BCUT2D eigenvalue weighted by atomic mass is 32.1. The highest BCUT2D eigenvalue weighted by Gasteiger charge is 1.91. The van der Waals surface area contributed by atoms with Crippen LogP contribution in [0.15, 0.2) is 22.7 Å². The number of guanidine groups is 1. The van der Waals surface area contributed by atoms with Crippen LogP contribution in [0.2, 0.25) is 0 Å². The number of nitrogens with zero attached hydrogens (tertiary/aromatic N) is 1. The van der Waals surface area contributed by atoms with E-state index < -0.39 is 0 Å². The highest BCUT2D eigenvalue weighted by Crippen LogP contribution is 2.09. The number of hydrogen-bond acceptors (Lipinski definition) is 3. The van der Waals surface area contributed by atoms with E-state index in [1.807, 2.05) is 17.5 Å². The molecule has 0 bridgehead atoms. The topological polar surface area (TPSA) is 73.6 Å². The number of rotatable bonds is 3. The summed E-state index contributed by atoms with van der Waals surface area (Å²) < 4.78 is 0. The number of nitrogens with two attached hydrogens (primary N) is 2. The molecule has 1 aromatic heterocycles. The minimum atomic E-state index is -0.0541. The number of thiophene rings is 1. The molecule has 60 valence electrons. The lowest BCUT2D eigenvalue weighted by Gasteiger charge is -1.94. The molecule has 1 heterocycles. The zero-order valence-electron chi connectivity index (χ0n) is 5.86. The Bertz CT molecular complexity index is 228. The van der Waals surface area contributed by atoms with Crippen molar-refractivity contribution in [2.75, 3.05) is 0 Å². The van der Waals surface area contributed by atoms with Crippen LogP contribution < -0.4 is 11.5 Å². The summed E-state index contributed by atoms with van der Waals surface area (Å²) in [5.74, 6) is -0.0541. The molecule has 0 amide bonds. The predicted octanol–water partition coefficient (Wildman–Crippen LogP) is 0.453. The molecule has 0 atom stereocenters. The van der Waals surface area contributed by atoms with Gasteiger partial charge >= 0.3 is 0 Å². The minimum absolute atomic E-state index is 0.0541. The molecule has 4 nitrogen and oxygen atoms in total. The molecule has 0 saturated heterocycles. The standard InChI is InChI=1S/C6H9N3OS/c7-6(8)9-10-4-5-2-1-3-11-5/h1-3H,4H2,(H4,7,8,9). The smallest absolute Gasteiger partial charge is 0.228 e. The summed E-state index contributed by atoms with van der Waals surface area (Å²) >= 11 is 1.60. The Labute approximate surface area is 68.4 Å². The van der Waals surface area contributed by atoms with Crippen molar-refractivity contribution in [2.24, 2.45) is 16.6 Å². The molecular weight excluding hydrogens is 162 g/mol. The Kier molecular flexibility index (Phi) is 2.74. The van der Waals surface area contributed by atoms with E-state index in [1.54, 1.807) is 11.3 Å². The van der Waals surface area contributed by atoms with Crippen LogP contribution in [0, 0.1) is 0 Å². The van der Waals surface area contributed by atoms with Crippen molar-refractivity contribution in [3.63, 3.8) is 0 Å². The van der Waals surface area contributed by atoms with Gasteiger partial charge in [0.15, 0.2) is 6.61 Å². The molecule has 1 aromatic rings. The van der Waals surface area contributed by atoms with E-state index in [0.29, 0.717) is 6.61 Å². The largest absolute Gasteiger partial charge is 0.387 e. The van der Waals surface area contributed by atoms with Gasteiger partial charge < -0.3 is 16.3 Å². The second-order valence-electron chi connectivity index (χ2n) is 1.87. The van der Waals surface area contributed by atoms with Gasteiger partial charge in [0, 0.05) is 4.88 Å². The third kappa shape index (κ3) is 2.90. The molecular formula is C6H9N3OS. The van der Waals surface area contributed by atoms with Gasteiger partial charge in [0.25, 0.3) is 0 Å². The summed E-state index contributed by atoms with van der Waals surface area (Å²) in [6.45, 7) is 0.426. The van der Waals surface area contributed by atoms with E-state index in [2.05, 4.69) is 5.16 Å². The molecule has 0 fully saturated rings. The summed E-state index contributed by atoms with van der Waals surface area (Å²) in [6, 6.07) is 3.89. The molecule has 0 aliphatic carbocycles. The summed E-state index contributed by atoms with van der Waals surface area (Å²) in [4.78, 5) is 5.88. The van der Waals surface area contributed by atoms with Crippen LogP contribution in [-0.4, -0.2) is 5.96 Å². The van der Waals surface area contributed by atoms with Crippen molar-refractivity contribution in [1.29, 1.82) is 0 Å². The average Bonchev–Trinajstić information content (AvgIpc) is 2.39. The van der Waals surface area contributed by atoms with Crippen molar-refractivity contribution < 1.29 is 4.84 Å². The molecule has 0 saturated carbocycles. The van der Waals surface area contributed by atoms with Crippen LogP contribution in [0.1, 0.15) is 4.88 Å². The Morgan fingerprint density at radius 3 is 3.00 bits per heavy atom. The lowest BCUT2D eigenvalue weighted by atomic mass is 10.5. The second-order valence-corrected chi connectivity index (χ2v) is 2.90. The van der Waals surface area contributed by atoms with E-state index in [0.717, 1.165) is 4.88 Å². The van der Waals surface area contributed by atoms with Gasteiger partial charge in [-0.1, -0.05) is 6.07 Å². The first-order valence-electron chi connectivity index (χ1n) is 3.02. The Balaban J connectivity index is 2.30. The molecule has 4 N–H and O–H groups in total. The molecule has 0 radical (unpaired) electrons. The molecule has 0 aliphatic rings. The van der Waals surface area contributed by atoms with Crippen LogP contribution in [0.3, 0.4) is 0 Å². The first kappa shape index (κ1) is 7.87. The third-order valence-electron chi connectivity index (χ3n) is 0.957. The van der Waals surface area contributed by atoms with Crippen molar-refractivity contribution in [2.45, 2.75) is 6.61 Å². The third-order valence-corrected chi connectivity index (χ3v) is 1.81. The zero-order valence-corrected chi connectivity index (χ0v) is 6.67. The molecule has 0 aliphatic heterocycles. The van der Waals surface area contributed by atoms with Crippen LogP contribution >= 0.6 is 11.3 Å². The van der Waals surface area contributed by atoms with Crippen molar-refractivity contribution in [3.8, 4) is 0 Å². The summed E-state index contributed by atoms with van der Waals surface area (Å²) in [6.07, 6.45) is 0. The fraction of sp³-hybridized carbons (Fsp3) is 0.167. The Hall–Kier alpha value is -1.23. The van der Waals surface area contributed by atoms with Gasteiger partial charge in [-0.05, 0) is 16.6 Å².